The lowest BCUT2D eigenvalue weighted by atomic mass is 9.92. The van der Waals surface area contributed by atoms with Crippen LogP contribution in [0.1, 0.15) is 77.5 Å². The second kappa shape index (κ2) is 15.9. The molecule has 1 aromatic heterocycles. The van der Waals surface area contributed by atoms with E-state index in [4.69, 9.17) is 0 Å². The van der Waals surface area contributed by atoms with Gasteiger partial charge < -0.3 is 14.4 Å². The predicted octanol–water partition coefficient (Wildman–Crippen LogP) is 12.8. The molecule has 0 N–H and O–H groups in total. The number of fused-ring (bicyclic) bond motifs is 1. The Balaban J connectivity index is 0.00000197. The maximum absolute atomic E-state index is 2.62. The highest BCUT2D eigenvalue weighted by atomic mass is 15.2. The van der Waals surface area contributed by atoms with Crippen LogP contribution in [0.3, 0.4) is 0 Å². The van der Waals surface area contributed by atoms with Crippen molar-refractivity contribution in [2.24, 2.45) is 0 Å². The van der Waals surface area contributed by atoms with Gasteiger partial charge in [-0.1, -0.05) is 113 Å². The molecule has 0 fully saturated rings. The summed E-state index contributed by atoms with van der Waals surface area (Å²) in [5.41, 5.74) is 13.3. The molecule has 2 aliphatic rings. The lowest BCUT2D eigenvalue weighted by molar-refractivity contribution is 0.643. The van der Waals surface area contributed by atoms with Crippen molar-refractivity contribution in [1.82, 2.24) is 4.57 Å². The topological polar surface area (TPSA) is 11.4 Å². The Morgan fingerprint density at radius 3 is 2.02 bits per heavy atom. The fourth-order valence-electron chi connectivity index (χ4n) is 7.55. The smallest absolute Gasteiger partial charge is 0.0534 e. The first kappa shape index (κ1) is 33.2. The van der Waals surface area contributed by atoms with Crippen LogP contribution in [0.25, 0.3) is 16.6 Å². The molecule has 1 aliphatic heterocycles. The fourth-order valence-corrected chi connectivity index (χ4v) is 7.55. The Kier molecular flexibility index (Phi) is 11.0. The van der Waals surface area contributed by atoms with Crippen LogP contribution in [0.5, 0.6) is 0 Å². The second-order valence-electron chi connectivity index (χ2n) is 12.5. The van der Waals surface area contributed by atoms with Gasteiger partial charge >= 0.3 is 0 Å². The number of benzene rings is 4. The van der Waals surface area contributed by atoms with Crippen molar-refractivity contribution >= 4 is 33.7 Å². The van der Waals surface area contributed by atoms with E-state index < -0.39 is 0 Å². The summed E-state index contributed by atoms with van der Waals surface area (Å²) in [4.78, 5) is 5.04. The summed E-state index contributed by atoms with van der Waals surface area (Å²) in [5.74, 6) is 0. The lowest BCUT2D eigenvalue weighted by Crippen LogP contribution is -2.26. The molecule has 0 atom stereocenters. The van der Waals surface area contributed by atoms with Crippen LogP contribution in [-0.4, -0.2) is 11.1 Å². The lowest BCUT2D eigenvalue weighted by Gasteiger charge is -2.34. The summed E-state index contributed by atoms with van der Waals surface area (Å²) in [6.07, 6.45) is 18.2. The van der Waals surface area contributed by atoms with Gasteiger partial charge in [-0.05, 0) is 105 Å². The van der Waals surface area contributed by atoms with Gasteiger partial charge in [-0.3, -0.25) is 0 Å². The Bertz CT molecular complexity index is 1850. The molecule has 0 spiro atoms. The summed E-state index contributed by atoms with van der Waals surface area (Å²) < 4.78 is 2.57. The van der Waals surface area contributed by atoms with Crippen LogP contribution in [0.2, 0.25) is 0 Å². The highest BCUT2D eigenvalue weighted by Gasteiger charge is 2.24. The largest absolute Gasteiger partial charge is 0.341 e. The molecule has 0 amide bonds. The molecule has 246 valence electrons. The van der Waals surface area contributed by atoms with E-state index in [9.17, 15) is 0 Å². The molecule has 0 bridgehead atoms. The molecule has 0 saturated heterocycles. The average Bonchev–Trinajstić information content (AvgIpc) is 3.51. The van der Waals surface area contributed by atoms with Gasteiger partial charge in [-0.25, -0.2) is 0 Å². The summed E-state index contributed by atoms with van der Waals surface area (Å²) in [6.45, 7) is 9.47. The Hall–Kier alpha value is -4.76. The molecular weight excluding hydrogens is 583 g/mol. The molecule has 7 rings (SSSR count). The molecular formula is C45H51N3. The van der Waals surface area contributed by atoms with E-state index >= 15 is 0 Å². The zero-order chi connectivity index (χ0) is 33.3. The van der Waals surface area contributed by atoms with Gasteiger partial charge in [0.15, 0.2) is 0 Å². The van der Waals surface area contributed by atoms with Crippen molar-refractivity contribution in [3.05, 3.63) is 150 Å². The second-order valence-corrected chi connectivity index (χ2v) is 12.5. The van der Waals surface area contributed by atoms with Crippen molar-refractivity contribution < 1.29 is 0 Å². The quantitative estimate of drug-likeness (QED) is 0.168. The standard InChI is InChI=1S/C43H45N3.C2H6/c1-3-19-42-39(4-2)40-26-15-17-28-43(40)46(42)38-31-36(44-29-18-6-5-9-20-33-21-14-16-27-41(33)44)30-37(32-38)45(34-22-10-7-11-23-34)35-24-12-8-13-25-35;1-2/h5-13,15,17-18,22-26,28,30-32H,3-4,14,16,19-21,27,29H2,1-2H3;1-2H3/b9-5-,18-6-;. The number of aromatic nitrogens is 1. The number of hydrogen-bond donors (Lipinski definition) is 0. The number of hydrogen-bond acceptors (Lipinski definition) is 2. The molecule has 0 saturated carbocycles. The Morgan fingerprint density at radius 1 is 0.667 bits per heavy atom. The molecule has 1 aliphatic carbocycles. The third kappa shape index (κ3) is 6.78. The Morgan fingerprint density at radius 2 is 1.31 bits per heavy atom. The van der Waals surface area contributed by atoms with Gasteiger partial charge in [-0.15, -0.1) is 0 Å². The molecule has 0 radical (unpaired) electrons. The number of anilines is 4. The summed E-state index contributed by atoms with van der Waals surface area (Å²) >= 11 is 0. The van der Waals surface area contributed by atoms with Crippen LogP contribution in [0, 0.1) is 0 Å². The van der Waals surface area contributed by atoms with E-state index in [0.29, 0.717) is 0 Å². The molecule has 3 nitrogen and oxygen atoms in total. The van der Waals surface area contributed by atoms with Crippen molar-refractivity contribution in [3.63, 3.8) is 0 Å². The van der Waals surface area contributed by atoms with Crippen molar-refractivity contribution in [1.29, 1.82) is 0 Å². The fraction of sp³-hybridized carbons (Fsp3) is 0.289. The minimum Gasteiger partial charge on any atom is -0.341 e. The number of rotatable bonds is 8. The number of allylic oxidation sites excluding steroid dienone is 5. The van der Waals surface area contributed by atoms with Gasteiger partial charge in [-0.2, -0.15) is 0 Å². The van der Waals surface area contributed by atoms with E-state index in [0.717, 1.165) is 50.0 Å². The van der Waals surface area contributed by atoms with Crippen molar-refractivity contribution in [2.75, 3.05) is 16.3 Å². The molecule has 3 heteroatoms. The van der Waals surface area contributed by atoms with Crippen LogP contribution in [-0.2, 0) is 12.8 Å². The molecule has 5 aromatic rings. The maximum Gasteiger partial charge on any atom is 0.0534 e. The summed E-state index contributed by atoms with van der Waals surface area (Å²) in [7, 11) is 0. The molecule has 2 heterocycles. The molecule has 0 unspecified atom stereocenters. The predicted molar refractivity (Wildman–Crippen MR) is 208 cm³/mol. The minimum atomic E-state index is 0.858. The highest BCUT2D eigenvalue weighted by molar-refractivity contribution is 5.89. The van der Waals surface area contributed by atoms with Gasteiger partial charge in [0.05, 0.1) is 11.2 Å². The van der Waals surface area contributed by atoms with E-state index in [-0.39, 0.29) is 0 Å². The summed E-state index contributed by atoms with van der Waals surface area (Å²) in [6, 6.07) is 37.9. The first-order valence-corrected chi connectivity index (χ1v) is 18.2. The van der Waals surface area contributed by atoms with Gasteiger partial charge in [0.2, 0.25) is 0 Å². The maximum atomic E-state index is 2.62. The number of aryl methyl sites for hydroxylation is 1. The normalized spacial score (nSPS) is 15.9. The van der Waals surface area contributed by atoms with E-state index in [1.165, 1.54) is 64.2 Å². The zero-order valence-corrected chi connectivity index (χ0v) is 29.3. The number of para-hydroxylation sites is 3. The summed E-state index contributed by atoms with van der Waals surface area (Å²) in [5, 5.41) is 1.37. The van der Waals surface area contributed by atoms with E-state index in [1.54, 1.807) is 5.57 Å². The SMILES string of the molecule is CC.CCCc1c(CC)c2ccccc2n1-c1cc(N2C/C=C\C=C/CC3=C2CCCC3)cc(N(c2ccccc2)c2ccccc2)c1. The monoisotopic (exact) mass is 633 g/mol. The Labute approximate surface area is 288 Å². The average molecular weight is 634 g/mol. The first-order chi connectivity index (χ1) is 23.8. The van der Waals surface area contributed by atoms with Crippen LogP contribution >= 0.6 is 0 Å². The van der Waals surface area contributed by atoms with Crippen LogP contribution in [0.15, 0.2) is 139 Å². The number of nitrogens with zero attached hydrogens (tertiary/aromatic N) is 3. The third-order valence-electron chi connectivity index (χ3n) is 9.58. The van der Waals surface area contributed by atoms with Crippen molar-refractivity contribution in [3.8, 4) is 5.69 Å². The van der Waals surface area contributed by atoms with Gasteiger partial charge in [0.1, 0.15) is 0 Å². The van der Waals surface area contributed by atoms with Crippen LogP contribution in [0.4, 0.5) is 22.7 Å². The molecule has 4 aromatic carbocycles. The van der Waals surface area contributed by atoms with E-state index in [1.807, 2.05) is 13.8 Å². The van der Waals surface area contributed by atoms with Gasteiger partial charge in [0, 0.05) is 46.1 Å². The zero-order valence-electron chi connectivity index (χ0n) is 29.3. The highest BCUT2D eigenvalue weighted by Crippen LogP contribution is 2.42. The van der Waals surface area contributed by atoms with Crippen LogP contribution < -0.4 is 9.80 Å². The van der Waals surface area contributed by atoms with E-state index in [2.05, 4.69) is 156 Å². The first-order valence-electron chi connectivity index (χ1n) is 18.2. The van der Waals surface area contributed by atoms with Crippen molar-refractivity contribution in [2.45, 2.75) is 79.1 Å². The minimum absolute atomic E-state index is 0.858. The molecule has 48 heavy (non-hydrogen) atoms. The third-order valence-corrected chi connectivity index (χ3v) is 9.58. The van der Waals surface area contributed by atoms with Gasteiger partial charge in [0.25, 0.3) is 0 Å².